The van der Waals surface area contributed by atoms with Gasteiger partial charge in [-0.25, -0.2) is 0 Å². The predicted molar refractivity (Wildman–Crippen MR) is 101 cm³/mol. The minimum Gasteiger partial charge on any atom is -0.489 e. The summed E-state index contributed by atoms with van der Waals surface area (Å²) in [7, 11) is 0. The molecule has 1 aliphatic rings. The quantitative estimate of drug-likeness (QED) is 0.700. The summed E-state index contributed by atoms with van der Waals surface area (Å²) >= 11 is 9.45. The molecular formula is C19H21BrClNO2. The molecule has 0 aromatic heterocycles. The van der Waals surface area contributed by atoms with E-state index in [9.17, 15) is 0 Å². The molecule has 1 heterocycles. The van der Waals surface area contributed by atoms with Gasteiger partial charge >= 0.3 is 0 Å². The summed E-state index contributed by atoms with van der Waals surface area (Å²) in [6.45, 7) is 3.05. The Balaban J connectivity index is 1.58. The number of halogens is 2. The predicted octanol–water partition coefficient (Wildman–Crippen LogP) is 4.95. The molecule has 128 valence electrons. The van der Waals surface area contributed by atoms with E-state index in [2.05, 4.69) is 27.3 Å². The minimum atomic E-state index is 0.343. The van der Waals surface area contributed by atoms with Gasteiger partial charge in [0.2, 0.25) is 0 Å². The molecule has 1 saturated heterocycles. The van der Waals surface area contributed by atoms with E-state index < -0.39 is 0 Å². The van der Waals surface area contributed by atoms with Crippen LogP contribution in [0, 0.1) is 0 Å². The first-order chi connectivity index (χ1) is 11.7. The second-order valence-electron chi connectivity index (χ2n) is 5.93. The van der Waals surface area contributed by atoms with Gasteiger partial charge in [0, 0.05) is 34.8 Å². The molecule has 1 fully saturated rings. The normalized spacial score (nSPS) is 17.2. The van der Waals surface area contributed by atoms with Gasteiger partial charge in [-0.3, -0.25) is 0 Å². The number of nitrogens with one attached hydrogen (secondary N) is 1. The lowest BCUT2D eigenvalue weighted by atomic mass is 10.2. The summed E-state index contributed by atoms with van der Waals surface area (Å²) < 4.78 is 12.7. The molecule has 1 aliphatic heterocycles. The van der Waals surface area contributed by atoms with E-state index in [-0.39, 0.29) is 0 Å². The Kier molecular flexibility index (Phi) is 6.55. The van der Waals surface area contributed by atoms with Crippen molar-refractivity contribution in [3.8, 4) is 5.75 Å². The van der Waals surface area contributed by atoms with Gasteiger partial charge in [-0.1, -0.05) is 39.7 Å². The summed E-state index contributed by atoms with van der Waals surface area (Å²) in [5.74, 6) is 0.896. The van der Waals surface area contributed by atoms with E-state index >= 15 is 0 Å². The molecular weight excluding hydrogens is 390 g/mol. The summed E-state index contributed by atoms with van der Waals surface area (Å²) in [4.78, 5) is 0. The van der Waals surface area contributed by atoms with E-state index in [1.54, 1.807) is 0 Å². The van der Waals surface area contributed by atoms with Crippen LogP contribution < -0.4 is 10.1 Å². The molecule has 0 amide bonds. The van der Waals surface area contributed by atoms with Gasteiger partial charge in [0.25, 0.3) is 0 Å². The van der Waals surface area contributed by atoms with Crippen molar-refractivity contribution < 1.29 is 9.47 Å². The first-order valence-corrected chi connectivity index (χ1v) is 9.36. The molecule has 24 heavy (non-hydrogen) atoms. The van der Waals surface area contributed by atoms with Crippen molar-refractivity contribution in [2.45, 2.75) is 32.1 Å². The smallest absolute Gasteiger partial charge is 0.124 e. The van der Waals surface area contributed by atoms with Gasteiger partial charge < -0.3 is 14.8 Å². The van der Waals surface area contributed by atoms with Crippen LogP contribution in [0.5, 0.6) is 5.75 Å². The van der Waals surface area contributed by atoms with Crippen LogP contribution in [0.15, 0.2) is 46.9 Å². The average molecular weight is 411 g/mol. The molecule has 0 spiro atoms. The maximum atomic E-state index is 6.01. The third kappa shape index (κ3) is 5.21. The Morgan fingerprint density at radius 2 is 2.04 bits per heavy atom. The maximum absolute atomic E-state index is 6.01. The largest absolute Gasteiger partial charge is 0.489 e. The monoisotopic (exact) mass is 409 g/mol. The molecule has 3 rings (SSSR count). The van der Waals surface area contributed by atoms with E-state index in [4.69, 9.17) is 21.1 Å². The van der Waals surface area contributed by atoms with Gasteiger partial charge in [0.1, 0.15) is 12.4 Å². The molecule has 2 aromatic carbocycles. The molecule has 0 aliphatic carbocycles. The summed E-state index contributed by atoms with van der Waals surface area (Å²) in [5.41, 5.74) is 2.23. The van der Waals surface area contributed by atoms with Gasteiger partial charge in [0.05, 0.1) is 6.10 Å². The third-order valence-corrected chi connectivity index (χ3v) is 4.79. The zero-order valence-corrected chi connectivity index (χ0v) is 15.8. The Hall–Kier alpha value is -1.07. The lowest BCUT2D eigenvalue weighted by molar-refractivity contribution is 0.110. The number of hydrogen-bond donors (Lipinski definition) is 1. The first kappa shape index (κ1) is 17.7. The van der Waals surface area contributed by atoms with Crippen LogP contribution >= 0.6 is 27.5 Å². The van der Waals surface area contributed by atoms with Crippen LogP contribution in [0.2, 0.25) is 5.02 Å². The van der Waals surface area contributed by atoms with E-state index in [0.29, 0.717) is 12.7 Å². The summed E-state index contributed by atoms with van der Waals surface area (Å²) in [5, 5.41) is 4.21. The summed E-state index contributed by atoms with van der Waals surface area (Å²) in [6, 6.07) is 13.8. The highest BCUT2D eigenvalue weighted by Gasteiger charge is 2.15. The zero-order valence-electron chi connectivity index (χ0n) is 13.4. The van der Waals surface area contributed by atoms with Crippen molar-refractivity contribution in [3.63, 3.8) is 0 Å². The topological polar surface area (TPSA) is 30.5 Å². The standard InChI is InChI=1S/C19H21BrClNO2/c20-16-5-8-19(24-13-14-3-6-17(21)7-4-14)15(10-16)11-22-12-18-2-1-9-23-18/h3-8,10,18,22H,1-2,9,11-13H2/t18-/m0/s1. The third-order valence-electron chi connectivity index (χ3n) is 4.04. The molecule has 2 aromatic rings. The van der Waals surface area contributed by atoms with Crippen LogP contribution in [0.1, 0.15) is 24.0 Å². The highest BCUT2D eigenvalue weighted by atomic mass is 79.9. The first-order valence-electron chi connectivity index (χ1n) is 8.19. The number of hydrogen-bond acceptors (Lipinski definition) is 3. The van der Waals surface area contributed by atoms with Crippen LogP contribution in [0.4, 0.5) is 0 Å². The molecule has 3 nitrogen and oxygen atoms in total. The molecule has 0 saturated carbocycles. The second-order valence-corrected chi connectivity index (χ2v) is 7.29. The Morgan fingerprint density at radius 3 is 2.79 bits per heavy atom. The van der Waals surface area contributed by atoms with Crippen LogP contribution in [-0.4, -0.2) is 19.3 Å². The molecule has 0 unspecified atom stereocenters. The molecule has 1 N–H and O–H groups in total. The van der Waals surface area contributed by atoms with Crippen LogP contribution in [-0.2, 0) is 17.9 Å². The molecule has 5 heteroatoms. The number of benzene rings is 2. The fourth-order valence-electron chi connectivity index (χ4n) is 2.74. The highest BCUT2D eigenvalue weighted by molar-refractivity contribution is 9.10. The van der Waals surface area contributed by atoms with Crippen LogP contribution in [0.25, 0.3) is 0 Å². The van der Waals surface area contributed by atoms with Gasteiger partial charge in [-0.15, -0.1) is 0 Å². The van der Waals surface area contributed by atoms with Crippen molar-refractivity contribution in [1.29, 1.82) is 0 Å². The van der Waals surface area contributed by atoms with E-state index in [1.807, 2.05) is 36.4 Å². The van der Waals surface area contributed by atoms with Crippen molar-refractivity contribution in [3.05, 3.63) is 63.1 Å². The van der Waals surface area contributed by atoms with Crippen molar-refractivity contribution in [2.24, 2.45) is 0 Å². The second kappa shape index (κ2) is 8.86. The molecule has 0 radical (unpaired) electrons. The molecule has 1 atom stereocenters. The Bertz CT molecular complexity index is 657. The maximum Gasteiger partial charge on any atom is 0.124 e. The molecule has 0 bridgehead atoms. The SMILES string of the molecule is Clc1ccc(COc2ccc(Br)cc2CNC[C@@H]2CCCO2)cc1. The Labute approximate surface area is 156 Å². The minimum absolute atomic E-state index is 0.343. The van der Waals surface area contributed by atoms with Crippen molar-refractivity contribution in [1.82, 2.24) is 5.32 Å². The fraction of sp³-hybridized carbons (Fsp3) is 0.368. The van der Waals surface area contributed by atoms with E-state index in [1.165, 1.54) is 6.42 Å². The number of ether oxygens (including phenoxy) is 2. The number of rotatable bonds is 7. The fourth-order valence-corrected chi connectivity index (χ4v) is 3.28. The Morgan fingerprint density at radius 1 is 1.21 bits per heavy atom. The summed E-state index contributed by atoms with van der Waals surface area (Å²) in [6.07, 6.45) is 2.65. The van der Waals surface area contributed by atoms with Gasteiger partial charge in [-0.2, -0.15) is 0 Å². The lowest BCUT2D eigenvalue weighted by Gasteiger charge is -2.15. The highest BCUT2D eigenvalue weighted by Crippen LogP contribution is 2.24. The zero-order chi connectivity index (χ0) is 16.8. The van der Waals surface area contributed by atoms with Crippen molar-refractivity contribution in [2.75, 3.05) is 13.2 Å². The van der Waals surface area contributed by atoms with Gasteiger partial charge in [-0.05, 0) is 48.7 Å². The average Bonchev–Trinajstić information content (AvgIpc) is 3.09. The van der Waals surface area contributed by atoms with Gasteiger partial charge in [0.15, 0.2) is 0 Å². The van der Waals surface area contributed by atoms with Crippen LogP contribution in [0.3, 0.4) is 0 Å². The van der Waals surface area contributed by atoms with Crippen molar-refractivity contribution >= 4 is 27.5 Å². The van der Waals surface area contributed by atoms with E-state index in [0.717, 1.165) is 52.5 Å². The lowest BCUT2D eigenvalue weighted by Crippen LogP contribution is -2.26.